The molecule has 1 aromatic rings. The quantitative estimate of drug-likeness (QED) is 0.440. The minimum absolute atomic E-state index is 0. The Hall–Kier alpha value is -1.61. The van der Waals surface area contributed by atoms with E-state index >= 15 is 0 Å². The van der Waals surface area contributed by atoms with Crippen molar-refractivity contribution in [2.24, 2.45) is 5.73 Å². The Morgan fingerprint density at radius 3 is 2.69 bits per heavy atom. The van der Waals surface area contributed by atoms with Crippen molar-refractivity contribution >= 4 is 11.9 Å². The molecule has 0 heterocycles. The smallest absolute Gasteiger partial charge is 0.122 e. The Bertz CT molecular complexity index is 360. The zero-order chi connectivity index (χ0) is 11.8. The standard InChI is InChI=1S/C13H18N2O.H2/c1-2-16-10-4-3-5-11-6-8-12(9-7-11)13(14)15;/h3,5-9H,2,4,10H2,1H3,(H3,14,15);1H/b5-3+;. The maximum atomic E-state index is 7.26. The maximum Gasteiger partial charge on any atom is 0.122 e. The van der Waals surface area contributed by atoms with Crippen LogP contribution in [0.1, 0.15) is 25.9 Å². The summed E-state index contributed by atoms with van der Waals surface area (Å²) in [7, 11) is 0. The van der Waals surface area contributed by atoms with Gasteiger partial charge in [-0.2, -0.15) is 0 Å². The summed E-state index contributed by atoms with van der Waals surface area (Å²) in [5.41, 5.74) is 7.24. The second-order valence-electron chi connectivity index (χ2n) is 3.42. The largest absolute Gasteiger partial charge is 0.384 e. The number of rotatable bonds is 6. The van der Waals surface area contributed by atoms with Gasteiger partial charge in [-0.15, -0.1) is 0 Å². The van der Waals surface area contributed by atoms with Crippen molar-refractivity contribution in [1.29, 1.82) is 5.41 Å². The zero-order valence-electron chi connectivity index (χ0n) is 9.57. The van der Waals surface area contributed by atoms with E-state index in [1.165, 1.54) is 0 Å². The van der Waals surface area contributed by atoms with E-state index in [0.29, 0.717) is 0 Å². The minimum atomic E-state index is 0. The Labute approximate surface area is 97.9 Å². The molecular formula is C13H20N2O. The van der Waals surface area contributed by atoms with Gasteiger partial charge in [-0.05, 0) is 18.9 Å². The van der Waals surface area contributed by atoms with Crippen LogP contribution in [-0.2, 0) is 4.74 Å². The lowest BCUT2D eigenvalue weighted by Gasteiger charge is -1.99. The van der Waals surface area contributed by atoms with Gasteiger partial charge in [0.15, 0.2) is 0 Å². The first-order valence-electron chi connectivity index (χ1n) is 5.42. The molecule has 3 heteroatoms. The highest BCUT2D eigenvalue weighted by Gasteiger charge is 1.94. The molecule has 0 aromatic heterocycles. The van der Waals surface area contributed by atoms with Crippen LogP contribution in [0.2, 0.25) is 0 Å². The number of amidine groups is 1. The third kappa shape index (κ3) is 4.28. The van der Waals surface area contributed by atoms with Crippen molar-refractivity contribution in [3.63, 3.8) is 0 Å². The van der Waals surface area contributed by atoms with Gasteiger partial charge in [0.1, 0.15) is 5.84 Å². The SMILES string of the molecule is CCOCC/C=C/c1ccc(C(=N)N)cc1.[HH]. The highest BCUT2D eigenvalue weighted by molar-refractivity contribution is 5.95. The molecular weight excluding hydrogens is 200 g/mol. The van der Waals surface area contributed by atoms with Gasteiger partial charge in [0.25, 0.3) is 0 Å². The lowest BCUT2D eigenvalue weighted by Crippen LogP contribution is -2.10. The van der Waals surface area contributed by atoms with E-state index in [1.807, 2.05) is 37.3 Å². The summed E-state index contributed by atoms with van der Waals surface area (Å²) in [4.78, 5) is 0. The summed E-state index contributed by atoms with van der Waals surface area (Å²) in [6, 6.07) is 7.61. The van der Waals surface area contributed by atoms with Crippen LogP contribution in [-0.4, -0.2) is 19.0 Å². The molecule has 0 spiro atoms. The van der Waals surface area contributed by atoms with E-state index in [2.05, 4.69) is 6.08 Å². The summed E-state index contributed by atoms with van der Waals surface area (Å²) in [5.74, 6) is 0.104. The molecule has 16 heavy (non-hydrogen) atoms. The Kier molecular flexibility index (Phi) is 5.29. The van der Waals surface area contributed by atoms with Crippen LogP contribution in [0, 0.1) is 5.41 Å². The molecule has 0 aliphatic heterocycles. The lowest BCUT2D eigenvalue weighted by molar-refractivity contribution is 0.152. The first-order valence-corrected chi connectivity index (χ1v) is 5.42. The van der Waals surface area contributed by atoms with Gasteiger partial charge in [0.05, 0.1) is 0 Å². The van der Waals surface area contributed by atoms with E-state index in [0.717, 1.165) is 30.8 Å². The van der Waals surface area contributed by atoms with Crippen molar-refractivity contribution in [3.8, 4) is 0 Å². The molecule has 88 valence electrons. The summed E-state index contributed by atoms with van der Waals surface area (Å²) in [5, 5.41) is 7.26. The van der Waals surface area contributed by atoms with E-state index in [9.17, 15) is 0 Å². The molecule has 0 saturated heterocycles. The number of nitrogens with two attached hydrogens (primary N) is 1. The van der Waals surface area contributed by atoms with Crippen LogP contribution in [0.25, 0.3) is 6.08 Å². The van der Waals surface area contributed by atoms with Crippen LogP contribution in [0.3, 0.4) is 0 Å². The molecule has 0 amide bonds. The summed E-state index contributed by atoms with van der Waals surface area (Å²) >= 11 is 0. The third-order valence-corrected chi connectivity index (χ3v) is 2.16. The fraction of sp³-hybridized carbons (Fsp3) is 0.308. The number of nitrogen functional groups attached to an aromatic ring is 1. The molecule has 1 aromatic carbocycles. The van der Waals surface area contributed by atoms with Crippen LogP contribution in [0.4, 0.5) is 0 Å². The molecule has 0 saturated carbocycles. The molecule has 3 N–H and O–H groups in total. The number of ether oxygens (including phenoxy) is 1. The Balaban J connectivity index is 0.00000256. The van der Waals surface area contributed by atoms with Crippen LogP contribution < -0.4 is 5.73 Å². The number of benzene rings is 1. The number of nitrogens with one attached hydrogen (secondary N) is 1. The molecule has 1 rings (SSSR count). The van der Waals surface area contributed by atoms with Gasteiger partial charge >= 0.3 is 0 Å². The summed E-state index contributed by atoms with van der Waals surface area (Å²) in [6.07, 6.45) is 5.05. The van der Waals surface area contributed by atoms with Gasteiger partial charge in [0, 0.05) is 20.2 Å². The topological polar surface area (TPSA) is 59.1 Å². The first-order chi connectivity index (χ1) is 7.74. The van der Waals surface area contributed by atoms with E-state index < -0.39 is 0 Å². The first kappa shape index (κ1) is 12.5. The molecule has 0 aliphatic carbocycles. The molecule has 3 nitrogen and oxygen atoms in total. The molecule has 0 bridgehead atoms. The molecule has 0 aliphatic rings. The van der Waals surface area contributed by atoms with E-state index in [1.54, 1.807) is 0 Å². The van der Waals surface area contributed by atoms with Crippen LogP contribution in [0.5, 0.6) is 0 Å². The van der Waals surface area contributed by atoms with Gasteiger partial charge in [-0.25, -0.2) is 0 Å². The lowest BCUT2D eigenvalue weighted by atomic mass is 10.1. The zero-order valence-corrected chi connectivity index (χ0v) is 9.57. The van der Waals surface area contributed by atoms with Gasteiger partial charge < -0.3 is 10.5 Å². The molecule has 0 radical (unpaired) electrons. The van der Waals surface area contributed by atoms with Crippen molar-refractivity contribution in [1.82, 2.24) is 0 Å². The predicted molar refractivity (Wildman–Crippen MR) is 69.7 cm³/mol. The van der Waals surface area contributed by atoms with E-state index in [-0.39, 0.29) is 7.26 Å². The fourth-order valence-corrected chi connectivity index (χ4v) is 1.29. The van der Waals surface area contributed by atoms with E-state index in [4.69, 9.17) is 15.9 Å². The molecule has 0 fully saturated rings. The van der Waals surface area contributed by atoms with Gasteiger partial charge in [0.2, 0.25) is 0 Å². The second kappa shape index (κ2) is 6.80. The van der Waals surface area contributed by atoms with Crippen LogP contribution >= 0.6 is 0 Å². The monoisotopic (exact) mass is 220 g/mol. The maximum absolute atomic E-state index is 7.26. The summed E-state index contributed by atoms with van der Waals surface area (Å²) in [6.45, 7) is 3.52. The van der Waals surface area contributed by atoms with Crippen molar-refractivity contribution < 1.29 is 6.16 Å². The van der Waals surface area contributed by atoms with Crippen LogP contribution in [0.15, 0.2) is 30.3 Å². The second-order valence-corrected chi connectivity index (χ2v) is 3.42. The predicted octanol–water partition coefficient (Wildman–Crippen LogP) is 2.66. The van der Waals surface area contributed by atoms with Crippen molar-refractivity contribution in [3.05, 3.63) is 41.5 Å². The highest BCUT2D eigenvalue weighted by atomic mass is 16.5. The minimum Gasteiger partial charge on any atom is -0.384 e. The third-order valence-electron chi connectivity index (χ3n) is 2.16. The van der Waals surface area contributed by atoms with Gasteiger partial charge in [-0.3, -0.25) is 5.41 Å². The van der Waals surface area contributed by atoms with Crippen molar-refractivity contribution in [2.75, 3.05) is 13.2 Å². The normalized spacial score (nSPS) is 10.8. The van der Waals surface area contributed by atoms with Gasteiger partial charge in [-0.1, -0.05) is 36.4 Å². The number of hydrogen-bond donors (Lipinski definition) is 2. The highest BCUT2D eigenvalue weighted by Crippen LogP contribution is 2.06. The Morgan fingerprint density at radius 2 is 2.12 bits per heavy atom. The Morgan fingerprint density at radius 1 is 1.44 bits per heavy atom. The average molecular weight is 220 g/mol. The number of hydrogen-bond acceptors (Lipinski definition) is 2. The van der Waals surface area contributed by atoms with Crippen molar-refractivity contribution in [2.45, 2.75) is 13.3 Å². The summed E-state index contributed by atoms with van der Waals surface area (Å²) < 4.78 is 5.23. The average Bonchev–Trinajstić information content (AvgIpc) is 2.29. The molecule has 0 atom stereocenters. The molecule has 0 unspecified atom stereocenters. The fourth-order valence-electron chi connectivity index (χ4n) is 1.29.